The van der Waals surface area contributed by atoms with Crippen LogP contribution in [-0.4, -0.2) is 29.8 Å². The summed E-state index contributed by atoms with van der Waals surface area (Å²) in [4.78, 5) is 9.48. The maximum absolute atomic E-state index is 9.62. The van der Waals surface area contributed by atoms with Crippen LogP contribution in [0, 0.1) is 6.92 Å². The summed E-state index contributed by atoms with van der Waals surface area (Å²) in [5, 5.41) is 7.71. The van der Waals surface area contributed by atoms with E-state index < -0.39 is 21.8 Å². The summed E-state index contributed by atoms with van der Waals surface area (Å²) >= 11 is 0. The zero-order chi connectivity index (χ0) is 15.9. The van der Waals surface area contributed by atoms with E-state index in [1.54, 1.807) is 0 Å². The molecule has 0 rings (SSSR count). The summed E-state index contributed by atoms with van der Waals surface area (Å²) in [5.74, 6) is -2.79. The predicted molar refractivity (Wildman–Crippen MR) is 81.3 cm³/mol. The van der Waals surface area contributed by atoms with Crippen molar-refractivity contribution in [2.24, 2.45) is 0 Å². The van der Waals surface area contributed by atoms with Crippen molar-refractivity contribution in [2.45, 2.75) is 71.1 Å². The summed E-state index contributed by atoms with van der Waals surface area (Å²) in [6.45, 7) is 6.12. The summed E-state index contributed by atoms with van der Waals surface area (Å²) in [5.41, 5.74) is 0. The van der Waals surface area contributed by atoms with Crippen LogP contribution in [0.15, 0.2) is 0 Å². The monoisotopic (exact) mass is 332 g/mol. The van der Waals surface area contributed by atoms with Crippen LogP contribution in [0.2, 0.25) is 0 Å². The minimum atomic E-state index is -4.32. The fraction of sp³-hybridized carbons (Fsp3) is 0.857. The van der Waals surface area contributed by atoms with Crippen LogP contribution in [0.4, 0.5) is 0 Å². The first-order chi connectivity index (χ1) is 9.33. The van der Waals surface area contributed by atoms with Gasteiger partial charge in [-0.2, -0.15) is 14.8 Å². The van der Waals surface area contributed by atoms with Crippen LogP contribution >= 0.6 is 0 Å². The average molecular weight is 332 g/mol. The molecule has 0 heterocycles. The molecular weight excluding hydrogens is 303 g/mol. The number of carboxylic acids is 1. The largest absolute Gasteiger partial charge is 1.00 e. The van der Waals surface area contributed by atoms with Gasteiger partial charge in [-0.15, -0.1) is 0 Å². The third kappa shape index (κ3) is 33.3. The SMILES string of the molecule is O=C(O)CS(=O)(=O)O.[CH2-]CCCCCCCCCCC.[Na+]. The van der Waals surface area contributed by atoms with Gasteiger partial charge in [0.2, 0.25) is 0 Å². The van der Waals surface area contributed by atoms with Gasteiger partial charge >= 0.3 is 35.5 Å². The molecule has 122 valence electrons. The van der Waals surface area contributed by atoms with Gasteiger partial charge in [0.1, 0.15) is 0 Å². The zero-order valence-corrected chi connectivity index (χ0v) is 16.3. The second kappa shape index (κ2) is 18.4. The van der Waals surface area contributed by atoms with Gasteiger partial charge in [-0.05, 0) is 0 Å². The first kappa shape index (κ1) is 26.3. The Hall–Kier alpha value is 0.380. The van der Waals surface area contributed by atoms with Gasteiger partial charge in [0.25, 0.3) is 10.1 Å². The first-order valence-corrected chi connectivity index (χ1v) is 8.90. The smallest absolute Gasteiger partial charge is 0.480 e. The van der Waals surface area contributed by atoms with Crippen molar-refractivity contribution in [1.82, 2.24) is 0 Å². The molecule has 0 spiro atoms. The van der Waals surface area contributed by atoms with E-state index >= 15 is 0 Å². The number of carboxylic acid groups (broad SMARTS) is 1. The van der Waals surface area contributed by atoms with Gasteiger partial charge in [0.05, 0.1) is 0 Å². The molecule has 0 aromatic heterocycles. The summed E-state index contributed by atoms with van der Waals surface area (Å²) in [6, 6.07) is 0. The van der Waals surface area contributed by atoms with Gasteiger partial charge in [0, 0.05) is 0 Å². The predicted octanol–water partition coefficient (Wildman–Crippen LogP) is 0.704. The third-order valence-corrected chi connectivity index (χ3v) is 3.27. The van der Waals surface area contributed by atoms with Gasteiger partial charge in [-0.1, -0.05) is 64.7 Å². The Morgan fingerprint density at radius 2 is 1.33 bits per heavy atom. The number of rotatable bonds is 11. The third-order valence-electron chi connectivity index (χ3n) is 2.66. The Balaban J connectivity index is -0.000000317. The maximum Gasteiger partial charge on any atom is 1.00 e. The normalized spacial score (nSPS) is 10.2. The van der Waals surface area contributed by atoms with Gasteiger partial charge in [-0.3, -0.25) is 9.35 Å². The van der Waals surface area contributed by atoms with E-state index in [2.05, 4.69) is 13.8 Å². The molecule has 0 aliphatic heterocycles. The number of carbonyl (C=O) groups is 1. The van der Waals surface area contributed by atoms with Crippen molar-refractivity contribution in [1.29, 1.82) is 0 Å². The van der Waals surface area contributed by atoms with Crippen molar-refractivity contribution < 1.29 is 52.4 Å². The van der Waals surface area contributed by atoms with Crippen molar-refractivity contribution >= 4 is 16.1 Å². The Morgan fingerprint density at radius 3 is 1.57 bits per heavy atom. The minimum absolute atomic E-state index is 0. The molecular formula is C14H29NaO5S. The zero-order valence-electron chi connectivity index (χ0n) is 13.5. The van der Waals surface area contributed by atoms with Gasteiger partial charge in [0.15, 0.2) is 5.75 Å². The molecule has 5 nitrogen and oxygen atoms in total. The van der Waals surface area contributed by atoms with Crippen LogP contribution in [0.1, 0.15) is 71.1 Å². The van der Waals surface area contributed by atoms with Crippen molar-refractivity contribution in [3.63, 3.8) is 0 Å². The van der Waals surface area contributed by atoms with E-state index in [-0.39, 0.29) is 29.6 Å². The van der Waals surface area contributed by atoms with Crippen LogP contribution in [-0.2, 0) is 14.9 Å². The Bertz CT molecular complexity index is 307. The molecule has 0 atom stereocenters. The maximum atomic E-state index is 9.62. The number of unbranched alkanes of at least 4 members (excludes halogenated alkanes) is 9. The molecule has 0 fully saturated rings. The standard InChI is InChI=1S/C12H25.C2H4O5S.Na/c1-3-5-7-9-11-12-10-8-6-4-2;3-2(4)1-8(5,6)7;/h1,3-12H2,2H3;1H2,(H,3,4)(H,5,6,7);/q-1;;+1. The fourth-order valence-electron chi connectivity index (χ4n) is 1.64. The van der Waals surface area contributed by atoms with Crippen LogP contribution in [0.5, 0.6) is 0 Å². The first-order valence-electron chi connectivity index (χ1n) is 7.29. The number of hydrogen-bond donors (Lipinski definition) is 2. The van der Waals surface area contributed by atoms with Gasteiger partial charge < -0.3 is 12.0 Å². The van der Waals surface area contributed by atoms with Crippen LogP contribution in [0.25, 0.3) is 0 Å². The number of hydrogen-bond acceptors (Lipinski definition) is 3. The van der Waals surface area contributed by atoms with Crippen molar-refractivity contribution in [3.8, 4) is 0 Å². The van der Waals surface area contributed by atoms with E-state index in [9.17, 15) is 13.2 Å². The summed E-state index contributed by atoms with van der Waals surface area (Å²) in [7, 11) is -4.32. The summed E-state index contributed by atoms with van der Waals surface area (Å²) < 4.78 is 27.0. The molecule has 21 heavy (non-hydrogen) atoms. The molecule has 0 bridgehead atoms. The fourth-order valence-corrected chi connectivity index (χ4v) is 1.96. The molecule has 7 heteroatoms. The van der Waals surface area contributed by atoms with E-state index in [0.29, 0.717) is 0 Å². The van der Waals surface area contributed by atoms with E-state index in [1.807, 2.05) is 0 Å². The Labute approximate surface area is 151 Å². The molecule has 0 aliphatic carbocycles. The molecule has 0 unspecified atom stereocenters. The molecule has 0 amide bonds. The molecule has 0 radical (unpaired) electrons. The average Bonchev–Trinajstić information content (AvgIpc) is 2.30. The van der Waals surface area contributed by atoms with Crippen LogP contribution in [0.3, 0.4) is 0 Å². The quantitative estimate of drug-likeness (QED) is 0.252. The van der Waals surface area contributed by atoms with E-state index in [0.717, 1.165) is 6.42 Å². The van der Waals surface area contributed by atoms with Crippen molar-refractivity contribution in [3.05, 3.63) is 6.92 Å². The topological polar surface area (TPSA) is 91.7 Å². The van der Waals surface area contributed by atoms with Gasteiger partial charge in [-0.25, -0.2) is 0 Å². The molecule has 0 aliphatic rings. The Morgan fingerprint density at radius 1 is 0.952 bits per heavy atom. The van der Waals surface area contributed by atoms with Crippen LogP contribution < -0.4 is 29.6 Å². The Kier molecular flexibility index (Phi) is 23.1. The second-order valence-corrected chi connectivity index (χ2v) is 6.25. The number of aliphatic carboxylic acids is 1. The molecule has 0 aromatic rings. The molecule has 0 saturated heterocycles. The second-order valence-electron chi connectivity index (χ2n) is 4.80. The van der Waals surface area contributed by atoms with E-state index in [4.69, 9.17) is 9.66 Å². The summed E-state index contributed by atoms with van der Waals surface area (Å²) in [6.07, 6.45) is 13.9. The molecule has 2 N–H and O–H groups in total. The van der Waals surface area contributed by atoms with Crippen molar-refractivity contribution in [2.75, 3.05) is 5.75 Å². The molecule has 0 saturated carbocycles. The minimum Gasteiger partial charge on any atom is -0.480 e. The molecule has 0 aromatic carbocycles. The van der Waals surface area contributed by atoms with E-state index in [1.165, 1.54) is 57.8 Å².